The number of allylic oxidation sites excluding steroid dienone is 2. The number of carbonyl (C=O) groups excluding carboxylic acids is 4. The van der Waals surface area contributed by atoms with Crippen LogP contribution in [0.2, 0.25) is 0 Å². The lowest BCUT2D eigenvalue weighted by Crippen LogP contribution is -2.47. The van der Waals surface area contributed by atoms with Gasteiger partial charge in [0.05, 0.1) is 18.6 Å². The maximum Gasteiger partial charge on any atom is 0.407 e. The molecule has 2 heterocycles. The molecule has 4 aromatic carbocycles. The van der Waals surface area contributed by atoms with Crippen LogP contribution in [0.15, 0.2) is 121 Å². The summed E-state index contributed by atoms with van der Waals surface area (Å²) in [4.78, 5) is 59.5. The Morgan fingerprint density at radius 3 is 2.33 bits per heavy atom. The van der Waals surface area contributed by atoms with E-state index in [0.717, 1.165) is 44.3 Å². The summed E-state index contributed by atoms with van der Waals surface area (Å²) in [5, 5.41) is 16.6. The van der Waals surface area contributed by atoms with Crippen molar-refractivity contribution in [2.45, 2.75) is 56.7 Å². The molecule has 4 N–H and O–H groups in total. The number of aliphatic hydroxyl groups is 1. The van der Waals surface area contributed by atoms with Crippen LogP contribution in [0.1, 0.15) is 53.9 Å². The van der Waals surface area contributed by atoms with Gasteiger partial charge in [0.1, 0.15) is 19.3 Å². The van der Waals surface area contributed by atoms with Gasteiger partial charge in [0.15, 0.2) is 0 Å². The molecule has 3 atom stereocenters. The minimum atomic E-state index is -1.00. The molecular formula is C46H48N4O7. The number of esters is 1. The molecule has 0 spiro atoms. The Kier molecular flexibility index (Phi) is 12.8. The number of cyclic esters (lactones) is 1. The molecule has 7 rings (SSSR count). The maximum atomic E-state index is 14.0. The van der Waals surface area contributed by atoms with E-state index in [0.29, 0.717) is 19.4 Å². The number of alkyl carbamates (subject to hydrolysis) is 1. The number of hydrogen-bond acceptors (Lipinski definition) is 7. The van der Waals surface area contributed by atoms with Crippen molar-refractivity contribution in [1.82, 2.24) is 20.5 Å². The fourth-order valence-electron chi connectivity index (χ4n) is 7.83. The average molecular weight is 769 g/mol. The van der Waals surface area contributed by atoms with Crippen molar-refractivity contribution >= 4 is 34.8 Å². The summed E-state index contributed by atoms with van der Waals surface area (Å²) in [6.45, 7) is 0.169. The number of aromatic amines is 1. The Morgan fingerprint density at radius 1 is 0.877 bits per heavy atom. The fourth-order valence-corrected chi connectivity index (χ4v) is 7.83. The zero-order valence-corrected chi connectivity index (χ0v) is 31.8. The largest absolute Gasteiger partial charge is 0.462 e. The first-order valence-corrected chi connectivity index (χ1v) is 19.6. The first kappa shape index (κ1) is 39.1. The van der Waals surface area contributed by atoms with Crippen LogP contribution in [0.5, 0.6) is 0 Å². The van der Waals surface area contributed by atoms with E-state index in [9.17, 15) is 24.3 Å². The number of rotatable bonds is 11. The van der Waals surface area contributed by atoms with Crippen molar-refractivity contribution in [2.75, 3.05) is 26.4 Å². The summed E-state index contributed by atoms with van der Waals surface area (Å²) in [5.74, 6) is -2.09. The van der Waals surface area contributed by atoms with Crippen molar-refractivity contribution in [1.29, 1.82) is 0 Å². The number of hydrogen-bond donors (Lipinski definition) is 4. The quantitative estimate of drug-likeness (QED) is 0.0896. The molecule has 1 aliphatic carbocycles. The van der Waals surface area contributed by atoms with Gasteiger partial charge in [-0.15, -0.1) is 0 Å². The van der Waals surface area contributed by atoms with Crippen LogP contribution in [0.4, 0.5) is 4.79 Å². The molecule has 11 nitrogen and oxygen atoms in total. The molecule has 294 valence electrons. The van der Waals surface area contributed by atoms with E-state index in [-0.39, 0.29) is 63.4 Å². The minimum absolute atomic E-state index is 0.0748. The van der Waals surface area contributed by atoms with E-state index in [1.807, 2.05) is 109 Å². The monoisotopic (exact) mass is 768 g/mol. The third-order valence-corrected chi connectivity index (χ3v) is 10.8. The summed E-state index contributed by atoms with van der Waals surface area (Å²) in [7, 11) is 0. The van der Waals surface area contributed by atoms with Crippen LogP contribution in [-0.2, 0) is 36.8 Å². The van der Waals surface area contributed by atoms with Gasteiger partial charge in [-0.25, -0.2) is 9.59 Å². The molecule has 57 heavy (non-hydrogen) atoms. The molecule has 0 saturated heterocycles. The maximum absolute atomic E-state index is 14.0. The first-order chi connectivity index (χ1) is 27.9. The molecule has 0 saturated carbocycles. The van der Waals surface area contributed by atoms with Gasteiger partial charge in [-0.3, -0.25) is 9.59 Å². The molecule has 11 heteroatoms. The number of amides is 3. The number of nitrogens with zero attached hydrogens (tertiary/aromatic N) is 1. The van der Waals surface area contributed by atoms with E-state index in [1.54, 1.807) is 4.90 Å². The summed E-state index contributed by atoms with van der Waals surface area (Å²) < 4.78 is 11.6. The van der Waals surface area contributed by atoms with Crippen LogP contribution in [0, 0.1) is 5.92 Å². The van der Waals surface area contributed by atoms with E-state index >= 15 is 0 Å². The molecule has 2 aliphatic rings. The molecule has 1 aromatic heterocycles. The highest BCUT2D eigenvalue weighted by molar-refractivity contribution is 5.87. The van der Waals surface area contributed by atoms with Crippen molar-refractivity contribution in [3.8, 4) is 11.1 Å². The second-order valence-electron chi connectivity index (χ2n) is 14.6. The molecule has 0 bridgehead atoms. The number of aromatic nitrogens is 1. The number of aliphatic hydroxyl groups excluding tert-OH is 1. The lowest BCUT2D eigenvalue weighted by Gasteiger charge is -2.26. The third kappa shape index (κ3) is 9.61. The molecule has 0 radical (unpaired) electrons. The van der Waals surface area contributed by atoms with Crippen molar-refractivity contribution in [2.24, 2.45) is 5.92 Å². The zero-order chi connectivity index (χ0) is 39.6. The lowest BCUT2D eigenvalue weighted by molar-refractivity contribution is -0.147. The Labute approximate surface area is 332 Å². The predicted octanol–water partition coefficient (Wildman–Crippen LogP) is 6.41. The number of para-hydroxylation sites is 1. The van der Waals surface area contributed by atoms with Crippen molar-refractivity contribution in [3.63, 3.8) is 0 Å². The molecular weight excluding hydrogens is 721 g/mol. The van der Waals surface area contributed by atoms with Gasteiger partial charge in [-0.05, 0) is 65.1 Å². The standard InChI is InChI=1S/C46H48N4O7/c51-24-23-50(28-31-13-3-1-4-14-31)43(52)26-32-15-5-2-6-22-42(45(54)56-29-34(48-44(32)53)25-33-27-47-41-21-12-11-16-35(33)41)49-46(55)57-30-40-38-19-9-7-17-36(38)37-18-8-10-20-39(37)40/h1-5,7-14,16-21,27,32,34,40,42,47,51H,6,15,22-26,28-30H2,(H,48,53)(H,49,55). The normalized spacial score (nSPS) is 18.6. The second-order valence-corrected chi connectivity index (χ2v) is 14.6. The summed E-state index contributed by atoms with van der Waals surface area (Å²) in [6, 6.07) is 31.8. The van der Waals surface area contributed by atoms with Crippen LogP contribution >= 0.6 is 0 Å². The van der Waals surface area contributed by atoms with E-state index in [2.05, 4.69) is 27.8 Å². The number of carbonyl (C=O) groups is 4. The molecule has 3 unspecified atom stereocenters. The number of benzene rings is 4. The van der Waals surface area contributed by atoms with Gasteiger partial charge in [-0.2, -0.15) is 0 Å². The van der Waals surface area contributed by atoms with Gasteiger partial charge in [0.2, 0.25) is 11.8 Å². The van der Waals surface area contributed by atoms with Crippen LogP contribution in [0.3, 0.4) is 0 Å². The second kappa shape index (κ2) is 18.6. The number of H-pyrrole nitrogens is 1. The SMILES string of the molecule is O=C(NC1CCC=CCC(CC(=O)N(CCO)Cc2ccccc2)C(=O)NC(Cc2c[nH]c3ccccc23)COC1=O)OCC1c2ccccc2-c2ccccc21. The Balaban J connectivity index is 1.06. The van der Waals surface area contributed by atoms with Crippen LogP contribution in [-0.4, -0.2) is 77.3 Å². The number of nitrogens with one attached hydrogen (secondary N) is 3. The number of fused-ring (bicyclic) bond motifs is 4. The van der Waals surface area contributed by atoms with Gasteiger partial charge in [0, 0.05) is 42.5 Å². The summed E-state index contributed by atoms with van der Waals surface area (Å²) in [6.07, 6.45) is 6.01. The average Bonchev–Trinajstić information content (AvgIpc) is 3.79. The lowest BCUT2D eigenvalue weighted by atomic mass is 9.97. The van der Waals surface area contributed by atoms with E-state index in [4.69, 9.17) is 9.47 Å². The van der Waals surface area contributed by atoms with Crippen LogP contribution < -0.4 is 10.6 Å². The smallest absolute Gasteiger partial charge is 0.407 e. The van der Waals surface area contributed by atoms with Gasteiger partial charge in [-0.1, -0.05) is 109 Å². The summed E-state index contributed by atoms with van der Waals surface area (Å²) in [5.41, 5.74) is 7.17. The zero-order valence-electron chi connectivity index (χ0n) is 31.8. The Morgan fingerprint density at radius 2 is 1.58 bits per heavy atom. The molecule has 3 amide bonds. The highest BCUT2D eigenvalue weighted by Gasteiger charge is 2.31. The highest BCUT2D eigenvalue weighted by Crippen LogP contribution is 2.44. The van der Waals surface area contributed by atoms with E-state index < -0.39 is 30.1 Å². The molecule has 5 aromatic rings. The van der Waals surface area contributed by atoms with E-state index in [1.165, 1.54) is 0 Å². The molecule has 1 aliphatic heterocycles. The Hall–Kier alpha value is -6.20. The topological polar surface area (TPSA) is 150 Å². The Bertz CT molecular complexity index is 2170. The third-order valence-electron chi connectivity index (χ3n) is 10.8. The summed E-state index contributed by atoms with van der Waals surface area (Å²) >= 11 is 0. The highest BCUT2D eigenvalue weighted by atomic mass is 16.6. The minimum Gasteiger partial charge on any atom is -0.462 e. The van der Waals surface area contributed by atoms with Gasteiger partial charge in [0.25, 0.3) is 0 Å². The van der Waals surface area contributed by atoms with Crippen molar-refractivity contribution in [3.05, 3.63) is 144 Å². The molecule has 0 fully saturated rings. The van der Waals surface area contributed by atoms with Gasteiger partial charge < -0.3 is 35.1 Å². The predicted molar refractivity (Wildman–Crippen MR) is 217 cm³/mol. The number of ether oxygens (including phenoxy) is 2. The fraction of sp³-hybridized carbons (Fsp3) is 0.304. The van der Waals surface area contributed by atoms with Crippen LogP contribution in [0.25, 0.3) is 22.0 Å². The van der Waals surface area contributed by atoms with Gasteiger partial charge >= 0.3 is 12.1 Å². The van der Waals surface area contributed by atoms with Crippen molar-refractivity contribution < 1.29 is 33.8 Å². The first-order valence-electron chi connectivity index (χ1n) is 19.6.